The summed E-state index contributed by atoms with van der Waals surface area (Å²) in [6.45, 7) is 0.747. The normalized spacial score (nSPS) is 17.4. The Balaban J connectivity index is 1.55. The number of hydrazine groups is 1. The number of hydrogen-bond donors (Lipinski definition) is 3. The molecule has 8 nitrogen and oxygen atoms in total. The number of benzene rings is 4. The molecule has 3 N–H and O–H groups in total. The van der Waals surface area contributed by atoms with Gasteiger partial charge >= 0.3 is 0 Å². The summed E-state index contributed by atoms with van der Waals surface area (Å²) >= 11 is 16.7. The Hall–Kier alpha value is -3.60. The third kappa shape index (κ3) is 7.62. The molecule has 11 heteroatoms. The highest BCUT2D eigenvalue weighted by molar-refractivity contribution is 9.10. The van der Waals surface area contributed by atoms with Crippen molar-refractivity contribution in [1.82, 2.24) is 10.9 Å². The van der Waals surface area contributed by atoms with E-state index >= 15 is 0 Å². The molecule has 0 aliphatic carbocycles. The van der Waals surface area contributed by atoms with Crippen LogP contribution in [0, 0.1) is 0 Å². The molecule has 1 aliphatic rings. The minimum Gasteiger partial charge on any atom is -0.496 e. The minimum atomic E-state index is -1.49. The number of para-hydroxylation sites is 1. The molecule has 1 heterocycles. The van der Waals surface area contributed by atoms with Crippen molar-refractivity contribution in [3.63, 3.8) is 0 Å². The lowest BCUT2D eigenvalue weighted by Gasteiger charge is -2.31. The molecule has 0 saturated carbocycles. The van der Waals surface area contributed by atoms with Gasteiger partial charge in [-0.05, 0) is 54.1 Å². The highest BCUT2D eigenvalue weighted by atomic mass is 79.9. The van der Waals surface area contributed by atoms with E-state index in [2.05, 4.69) is 26.8 Å². The molecular formula is C34H32BrCl2N3O5. The highest BCUT2D eigenvalue weighted by Gasteiger charge is 2.54. The van der Waals surface area contributed by atoms with Gasteiger partial charge in [0.15, 0.2) is 11.6 Å². The number of nitrogens with one attached hydrogen (secondary N) is 2. The standard InChI is InChI=1S/C34H32BrCl2N3O5/c1-43-30-10-5-3-8-24(30)21-38-40-33(42)34(20-23-7-2-4-9-28(23)35)31(27-16-13-25(36)19-29(27)37)45-32(39-34)22-11-14-26(15-12-22)44-18-6-17-41/h2-5,7-16,19,31,38,41H,6,17-18,20-21H2,1H3,(H,40,42)/t31-,34-/m0/s1. The summed E-state index contributed by atoms with van der Waals surface area (Å²) in [6, 6.07) is 27.6. The Morgan fingerprint density at radius 1 is 1.02 bits per heavy atom. The van der Waals surface area contributed by atoms with Crippen LogP contribution in [0.25, 0.3) is 0 Å². The summed E-state index contributed by atoms with van der Waals surface area (Å²) in [6.07, 6.45) is -0.191. The fourth-order valence-electron chi connectivity index (χ4n) is 5.08. The van der Waals surface area contributed by atoms with Crippen LogP contribution in [0.4, 0.5) is 0 Å². The van der Waals surface area contributed by atoms with E-state index in [9.17, 15) is 4.79 Å². The van der Waals surface area contributed by atoms with Crippen LogP contribution in [0.15, 0.2) is 100 Å². The van der Waals surface area contributed by atoms with Crippen molar-refractivity contribution in [2.75, 3.05) is 20.3 Å². The van der Waals surface area contributed by atoms with Crippen LogP contribution in [-0.2, 0) is 22.5 Å². The molecule has 0 aromatic heterocycles. The van der Waals surface area contributed by atoms with Crippen molar-refractivity contribution in [3.8, 4) is 11.5 Å². The molecule has 2 atom stereocenters. The number of amides is 1. The van der Waals surface area contributed by atoms with Gasteiger partial charge in [-0.1, -0.05) is 81.6 Å². The van der Waals surface area contributed by atoms with E-state index in [4.69, 9.17) is 47.5 Å². The van der Waals surface area contributed by atoms with E-state index in [-0.39, 0.29) is 18.9 Å². The SMILES string of the molecule is COc1ccccc1CNNC(=O)[C@@]1(Cc2ccccc2Br)N=C(c2ccc(OCCCO)cc2)O[C@H]1c1ccc(Cl)cc1Cl. The molecule has 5 rings (SSSR count). The van der Waals surface area contributed by atoms with E-state index in [1.165, 1.54) is 0 Å². The molecule has 0 unspecified atom stereocenters. The molecule has 1 aliphatic heterocycles. The number of carbonyl (C=O) groups excluding carboxylic acids is 1. The van der Waals surface area contributed by atoms with Crippen LogP contribution in [0.2, 0.25) is 10.0 Å². The maximum absolute atomic E-state index is 14.5. The van der Waals surface area contributed by atoms with Crippen molar-refractivity contribution < 1.29 is 24.1 Å². The topological polar surface area (TPSA) is 101 Å². The Bertz CT molecular complexity index is 1670. The predicted molar refractivity (Wildman–Crippen MR) is 179 cm³/mol. The van der Waals surface area contributed by atoms with Gasteiger partial charge in [0, 0.05) is 57.2 Å². The molecule has 1 amide bonds. The lowest BCUT2D eigenvalue weighted by atomic mass is 9.82. The minimum absolute atomic E-state index is 0.0484. The van der Waals surface area contributed by atoms with Gasteiger partial charge in [0.1, 0.15) is 11.5 Å². The van der Waals surface area contributed by atoms with E-state index in [1.54, 1.807) is 37.4 Å². The van der Waals surface area contributed by atoms with Crippen molar-refractivity contribution in [2.24, 2.45) is 4.99 Å². The lowest BCUT2D eigenvalue weighted by molar-refractivity contribution is -0.130. The van der Waals surface area contributed by atoms with Crippen LogP contribution < -0.4 is 20.3 Å². The second kappa shape index (κ2) is 15.1. The third-order valence-electron chi connectivity index (χ3n) is 7.37. The number of hydrogen-bond acceptors (Lipinski definition) is 7. The second-order valence-electron chi connectivity index (χ2n) is 10.3. The zero-order valence-corrected chi connectivity index (χ0v) is 27.5. The number of halogens is 3. The van der Waals surface area contributed by atoms with Crippen LogP contribution in [0.1, 0.15) is 34.8 Å². The average molecular weight is 713 g/mol. The first kappa shape index (κ1) is 32.8. The van der Waals surface area contributed by atoms with Crippen LogP contribution in [0.3, 0.4) is 0 Å². The summed E-state index contributed by atoms with van der Waals surface area (Å²) < 4.78 is 18.6. The largest absolute Gasteiger partial charge is 0.496 e. The van der Waals surface area contributed by atoms with Gasteiger partial charge in [0.2, 0.25) is 5.90 Å². The summed E-state index contributed by atoms with van der Waals surface area (Å²) in [4.78, 5) is 19.5. The third-order valence-corrected chi connectivity index (χ3v) is 8.70. The van der Waals surface area contributed by atoms with Crippen LogP contribution >= 0.6 is 39.1 Å². The predicted octanol–water partition coefficient (Wildman–Crippen LogP) is 6.85. The van der Waals surface area contributed by atoms with Gasteiger partial charge in [-0.2, -0.15) is 0 Å². The zero-order chi connectivity index (χ0) is 31.8. The van der Waals surface area contributed by atoms with E-state index in [1.807, 2.05) is 60.7 Å². The van der Waals surface area contributed by atoms with Gasteiger partial charge in [-0.3, -0.25) is 10.2 Å². The molecule has 234 valence electrons. The number of ether oxygens (including phenoxy) is 3. The fourth-order valence-corrected chi connectivity index (χ4v) is 6.02. The quantitative estimate of drug-likeness (QED) is 0.104. The van der Waals surface area contributed by atoms with E-state index in [0.29, 0.717) is 52.2 Å². The highest BCUT2D eigenvalue weighted by Crippen LogP contribution is 2.45. The molecule has 0 spiro atoms. The first-order valence-electron chi connectivity index (χ1n) is 14.3. The monoisotopic (exact) mass is 711 g/mol. The first-order chi connectivity index (χ1) is 21.8. The smallest absolute Gasteiger partial charge is 0.266 e. The number of nitrogens with zero attached hydrogens (tertiary/aromatic N) is 1. The number of methoxy groups -OCH3 is 1. The maximum Gasteiger partial charge on any atom is 0.266 e. The van der Waals surface area contributed by atoms with Crippen LogP contribution in [0.5, 0.6) is 11.5 Å². The van der Waals surface area contributed by atoms with E-state index in [0.717, 1.165) is 15.6 Å². The van der Waals surface area contributed by atoms with Crippen molar-refractivity contribution >= 4 is 50.9 Å². The van der Waals surface area contributed by atoms with Gasteiger partial charge < -0.3 is 19.3 Å². The Morgan fingerprint density at radius 3 is 2.47 bits per heavy atom. The number of aliphatic hydroxyl groups is 1. The molecule has 4 aromatic carbocycles. The Labute approximate surface area is 280 Å². The molecule has 0 bridgehead atoms. The summed E-state index contributed by atoms with van der Waals surface area (Å²) in [5.41, 5.74) is 7.40. The molecule has 0 radical (unpaired) electrons. The molecule has 0 saturated heterocycles. The zero-order valence-electron chi connectivity index (χ0n) is 24.4. The Morgan fingerprint density at radius 2 is 1.76 bits per heavy atom. The average Bonchev–Trinajstić information content (AvgIpc) is 3.43. The first-order valence-corrected chi connectivity index (χ1v) is 15.8. The lowest BCUT2D eigenvalue weighted by Crippen LogP contribution is -2.53. The maximum atomic E-state index is 14.5. The summed E-state index contributed by atoms with van der Waals surface area (Å²) in [5.74, 6) is 1.20. The van der Waals surface area contributed by atoms with Crippen molar-refractivity contribution in [3.05, 3.63) is 128 Å². The second-order valence-corrected chi connectivity index (χ2v) is 12.0. The molecular weight excluding hydrogens is 681 g/mol. The van der Waals surface area contributed by atoms with Crippen molar-refractivity contribution in [1.29, 1.82) is 0 Å². The van der Waals surface area contributed by atoms with E-state index < -0.39 is 17.6 Å². The number of aliphatic imine (C=N–C) groups is 1. The van der Waals surface area contributed by atoms with Crippen molar-refractivity contribution in [2.45, 2.75) is 31.0 Å². The fraction of sp³-hybridized carbons (Fsp3) is 0.235. The van der Waals surface area contributed by atoms with Gasteiger partial charge in [-0.15, -0.1) is 0 Å². The molecule has 4 aromatic rings. The van der Waals surface area contributed by atoms with Gasteiger partial charge in [0.05, 0.1) is 13.7 Å². The Kier molecular flexibility index (Phi) is 11.0. The number of aliphatic hydroxyl groups excluding tert-OH is 1. The van der Waals surface area contributed by atoms with Crippen LogP contribution in [-0.4, -0.2) is 42.8 Å². The van der Waals surface area contributed by atoms with Gasteiger partial charge in [-0.25, -0.2) is 10.4 Å². The van der Waals surface area contributed by atoms with Gasteiger partial charge in [0.25, 0.3) is 5.91 Å². The molecule has 0 fully saturated rings. The number of carbonyl (C=O) groups is 1. The molecule has 45 heavy (non-hydrogen) atoms. The summed E-state index contributed by atoms with van der Waals surface area (Å²) in [5, 5.41) is 9.87. The number of rotatable bonds is 13. The summed E-state index contributed by atoms with van der Waals surface area (Å²) in [7, 11) is 1.60.